The Balaban J connectivity index is 2.31. The van der Waals surface area contributed by atoms with Crippen molar-refractivity contribution >= 4 is 11.3 Å². The van der Waals surface area contributed by atoms with Crippen molar-refractivity contribution in [3.63, 3.8) is 0 Å². The van der Waals surface area contributed by atoms with E-state index in [4.69, 9.17) is 0 Å². The summed E-state index contributed by atoms with van der Waals surface area (Å²) in [7, 11) is 1.86. The molecule has 1 aromatic heterocycles. The number of aryl methyl sites for hydroxylation is 2. The summed E-state index contributed by atoms with van der Waals surface area (Å²) in [5, 5.41) is 4.19. The summed E-state index contributed by atoms with van der Waals surface area (Å²) in [6.45, 7) is 4.14. The number of nitrogens with zero attached hydrogens (tertiary/aromatic N) is 1. The fourth-order valence-corrected chi connectivity index (χ4v) is 3.32. The number of halogens is 2. The van der Waals surface area contributed by atoms with Gasteiger partial charge in [0, 0.05) is 10.4 Å². The molecular formula is C15H18F2N2S. The number of alkyl halides is 2. The van der Waals surface area contributed by atoms with Gasteiger partial charge >= 0.3 is 0 Å². The van der Waals surface area contributed by atoms with Crippen molar-refractivity contribution in [1.82, 2.24) is 10.3 Å². The average Bonchev–Trinajstić information content (AvgIpc) is 2.81. The first-order valence-electron chi connectivity index (χ1n) is 6.58. The number of hydrogen-bond donors (Lipinski definition) is 1. The lowest BCUT2D eigenvalue weighted by atomic mass is 10.1. The van der Waals surface area contributed by atoms with E-state index in [1.165, 1.54) is 17.0 Å². The monoisotopic (exact) mass is 296 g/mol. The summed E-state index contributed by atoms with van der Waals surface area (Å²) in [5.41, 5.74) is 2.11. The molecule has 0 bridgehead atoms. The minimum Gasteiger partial charge on any atom is -0.307 e. The molecule has 1 heterocycles. The summed E-state index contributed by atoms with van der Waals surface area (Å²) in [6.07, 6.45) is -1.52. The maximum atomic E-state index is 12.6. The molecule has 1 aromatic carbocycles. The van der Waals surface area contributed by atoms with Crippen LogP contribution in [0.15, 0.2) is 24.3 Å². The number of thiazole rings is 1. The Kier molecular flexibility index (Phi) is 4.83. The van der Waals surface area contributed by atoms with Crippen LogP contribution in [0.5, 0.6) is 0 Å². The zero-order valence-corrected chi connectivity index (χ0v) is 12.6. The molecule has 0 amide bonds. The van der Waals surface area contributed by atoms with Crippen molar-refractivity contribution in [2.45, 2.75) is 32.7 Å². The zero-order chi connectivity index (χ0) is 14.7. The standard InChI is InChI=1S/C15H18F2N2S/c1-4-12-9(2)20-15(19-12)13(18-3)10-5-7-11(8-6-10)14(16)17/h5-8,13-14,18H,4H2,1-3H3. The van der Waals surface area contributed by atoms with Gasteiger partial charge in [0.1, 0.15) is 5.01 Å². The van der Waals surface area contributed by atoms with Crippen molar-refractivity contribution in [3.05, 3.63) is 51.0 Å². The molecule has 5 heteroatoms. The largest absolute Gasteiger partial charge is 0.307 e. The van der Waals surface area contributed by atoms with Crippen molar-refractivity contribution in [2.75, 3.05) is 7.05 Å². The van der Waals surface area contributed by atoms with Crippen LogP contribution >= 0.6 is 11.3 Å². The van der Waals surface area contributed by atoms with Gasteiger partial charge in [-0.05, 0) is 26.0 Å². The number of rotatable bonds is 5. The first kappa shape index (κ1) is 15.1. The molecule has 1 N–H and O–H groups in total. The predicted molar refractivity (Wildman–Crippen MR) is 78.5 cm³/mol. The summed E-state index contributed by atoms with van der Waals surface area (Å²) >= 11 is 1.66. The molecule has 0 saturated carbocycles. The molecule has 1 atom stereocenters. The lowest BCUT2D eigenvalue weighted by molar-refractivity contribution is 0.151. The molecule has 2 aromatic rings. The van der Waals surface area contributed by atoms with Gasteiger partial charge in [-0.25, -0.2) is 13.8 Å². The topological polar surface area (TPSA) is 24.9 Å². The molecule has 0 saturated heterocycles. The van der Waals surface area contributed by atoms with Crippen LogP contribution in [0.3, 0.4) is 0 Å². The maximum Gasteiger partial charge on any atom is 0.263 e. The molecule has 0 aliphatic carbocycles. The molecule has 1 unspecified atom stereocenters. The molecule has 2 nitrogen and oxygen atoms in total. The molecular weight excluding hydrogens is 278 g/mol. The predicted octanol–water partition coefficient (Wildman–Crippen LogP) is 4.26. The molecule has 0 aliphatic rings. The van der Waals surface area contributed by atoms with Gasteiger partial charge in [-0.1, -0.05) is 31.2 Å². The van der Waals surface area contributed by atoms with E-state index in [2.05, 4.69) is 24.1 Å². The third kappa shape index (κ3) is 3.04. The van der Waals surface area contributed by atoms with Gasteiger partial charge in [0.15, 0.2) is 0 Å². The molecule has 0 spiro atoms. The van der Waals surface area contributed by atoms with Gasteiger partial charge in [0.2, 0.25) is 0 Å². The Morgan fingerprint density at radius 2 is 1.80 bits per heavy atom. The summed E-state index contributed by atoms with van der Waals surface area (Å²) in [4.78, 5) is 5.86. The highest BCUT2D eigenvalue weighted by molar-refractivity contribution is 7.11. The first-order chi connectivity index (χ1) is 9.56. The third-order valence-electron chi connectivity index (χ3n) is 3.30. The van der Waals surface area contributed by atoms with Crippen LogP contribution in [0.25, 0.3) is 0 Å². The SMILES string of the molecule is CCc1nc(C(NC)c2ccc(C(F)F)cc2)sc1C. The third-order valence-corrected chi connectivity index (χ3v) is 4.38. The highest BCUT2D eigenvalue weighted by atomic mass is 32.1. The van der Waals surface area contributed by atoms with E-state index in [-0.39, 0.29) is 11.6 Å². The van der Waals surface area contributed by atoms with Gasteiger partial charge in [0.25, 0.3) is 6.43 Å². The number of benzene rings is 1. The van der Waals surface area contributed by atoms with Crippen molar-refractivity contribution < 1.29 is 8.78 Å². The van der Waals surface area contributed by atoms with Crippen LogP contribution in [0, 0.1) is 6.92 Å². The fourth-order valence-electron chi connectivity index (χ4n) is 2.17. The number of aromatic nitrogens is 1. The Bertz CT molecular complexity index is 564. The Morgan fingerprint density at radius 1 is 1.20 bits per heavy atom. The van der Waals surface area contributed by atoms with E-state index in [1.54, 1.807) is 23.5 Å². The van der Waals surface area contributed by atoms with Gasteiger partial charge in [-0.2, -0.15) is 0 Å². The lowest BCUT2D eigenvalue weighted by Crippen LogP contribution is -2.17. The van der Waals surface area contributed by atoms with Gasteiger partial charge in [-0.3, -0.25) is 0 Å². The summed E-state index contributed by atoms with van der Waals surface area (Å²) in [5.74, 6) is 0. The van der Waals surface area contributed by atoms with Crippen molar-refractivity contribution in [2.24, 2.45) is 0 Å². The molecule has 108 valence electrons. The Morgan fingerprint density at radius 3 is 2.25 bits per heavy atom. The van der Waals surface area contributed by atoms with E-state index < -0.39 is 6.43 Å². The molecule has 0 aliphatic heterocycles. The number of nitrogens with one attached hydrogen (secondary N) is 1. The summed E-state index contributed by atoms with van der Waals surface area (Å²) in [6, 6.07) is 6.39. The maximum absolute atomic E-state index is 12.6. The highest BCUT2D eigenvalue weighted by Gasteiger charge is 2.18. The molecule has 0 radical (unpaired) electrons. The second-order valence-electron chi connectivity index (χ2n) is 4.60. The fraction of sp³-hybridized carbons (Fsp3) is 0.400. The van der Waals surface area contributed by atoms with Gasteiger partial charge in [-0.15, -0.1) is 11.3 Å². The minimum atomic E-state index is -2.43. The van der Waals surface area contributed by atoms with E-state index in [0.717, 1.165) is 22.7 Å². The van der Waals surface area contributed by atoms with Gasteiger partial charge in [0.05, 0.1) is 11.7 Å². The lowest BCUT2D eigenvalue weighted by Gasteiger charge is -2.14. The summed E-state index contributed by atoms with van der Waals surface area (Å²) < 4.78 is 25.2. The van der Waals surface area contributed by atoms with Crippen LogP contribution in [-0.2, 0) is 6.42 Å². The number of hydrogen-bond acceptors (Lipinski definition) is 3. The minimum absolute atomic E-state index is 0.0492. The van der Waals surface area contributed by atoms with Crippen LogP contribution < -0.4 is 5.32 Å². The van der Waals surface area contributed by atoms with Crippen LogP contribution in [0.1, 0.15) is 46.1 Å². The Hall–Kier alpha value is -1.33. The smallest absolute Gasteiger partial charge is 0.263 e. The second kappa shape index (κ2) is 6.41. The normalized spacial score (nSPS) is 12.9. The molecule has 2 rings (SSSR count). The van der Waals surface area contributed by atoms with Crippen molar-refractivity contribution in [3.8, 4) is 0 Å². The highest BCUT2D eigenvalue weighted by Crippen LogP contribution is 2.29. The van der Waals surface area contributed by atoms with Crippen LogP contribution in [-0.4, -0.2) is 12.0 Å². The quantitative estimate of drug-likeness (QED) is 0.891. The first-order valence-corrected chi connectivity index (χ1v) is 7.40. The van der Waals surface area contributed by atoms with E-state index in [1.807, 2.05) is 7.05 Å². The zero-order valence-electron chi connectivity index (χ0n) is 11.8. The van der Waals surface area contributed by atoms with E-state index in [0.29, 0.717) is 0 Å². The van der Waals surface area contributed by atoms with Crippen LogP contribution in [0.2, 0.25) is 0 Å². The van der Waals surface area contributed by atoms with E-state index in [9.17, 15) is 8.78 Å². The average molecular weight is 296 g/mol. The van der Waals surface area contributed by atoms with Crippen LogP contribution in [0.4, 0.5) is 8.78 Å². The van der Waals surface area contributed by atoms with E-state index >= 15 is 0 Å². The molecule has 0 fully saturated rings. The second-order valence-corrected chi connectivity index (χ2v) is 5.83. The Labute approximate surface area is 121 Å². The van der Waals surface area contributed by atoms with Gasteiger partial charge < -0.3 is 5.32 Å². The van der Waals surface area contributed by atoms with Crippen molar-refractivity contribution in [1.29, 1.82) is 0 Å². The molecule has 20 heavy (non-hydrogen) atoms.